The summed E-state index contributed by atoms with van der Waals surface area (Å²) in [4.78, 5) is 0. The van der Waals surface area contributed by atoms with Crippen molar-refractivity contribution in [3.05, 3.63) is 97.1 Å². The van der Waals surface area contributed by atoms with Gasteiger partial charge < -0.3 is 5.32 Å². The van der Waals surface area contributed by atoms with Crippen LogP contribution in [0.25, 0.3) is 21.9 Å². The molecule has 0 fully saturated rings. The number of hydrogen-bond acceptors (Lipinski definition) is 1. The maximum atomic E-state index is 3.56. The van der Waals surface area contributed by atoms with E-state index in [9.17, 15) is 0 Å². The van der Waals surface area contributed by atoms with Crippen LogP contribution in [-0.4, -0.2) is 0 Å². The van der Waals surface area contributed by atoms with E-state index in [4.69, 9.17) is 0 Å². The van der Waals surface area contributed by atoms with E-state index in [1.165, 1.54) is 21.9 Å². The monoisotopic (exact) mass is 295 g/mol. The first-order valence-corrected chi connectivity index (χ1v) is 7.80. The molecule has 0 unspecified atom stereocenters. The second-order valence-corrected chi connectivity index (χ2v) is 5.60. The van der Waals surface area contributed by atoms with Gasteiger partial charge >= 0.3 is 0 Å². The van der Waals surface area contributed by atoms with Gasteiger partial charge in [0.05, 0.1) is 0 Å². The number of benzene rings is 4. The standard InChI is InChI=1S/C22H17N/c1-2-8-17(9-3-1)19-12-6-13-20(16-19)23-22-15-7-11-18-10-4-5-14-21(18)22/h1-16,23H. The molecule has 0 aliphatic carbocycles. The van der Waals surface area contributed by atoms with Crippen LogP contribution in [0, 0.1) is 0 Å². The Labute approximate surface area is 136 Å². The van der Waals surface area contributed by atoms with Crippen molar-refractivity contribution in [2.45, 2.75) is 0 Å². The third-order valence-corrected chi connectivity index (χ3v) is 4.04. The molecule has 0 radical (unpaired) electrons. The fraction of sp³-hybridized carbons (Fsp3) is 0. The second-order valence-electron chi connectivity index (χ2n) is 5.60. The Morgan fingerprint density at radius 3 is 2.13 bits per heavy atom. The molecule has 1 nitrogen and oxygen atoms in total. The average molecular weight is 295 g/mol. The van der Waals surface area contributed by atoms with Gasteiger partial charge in [-0.15, -0.1) is 0 Å². The van der Waals surface area contributed by atoms with E-state index < -0.39 is 0 Å². The molecule has 0 bridgehead atoms. The van der Waals surface area contributed by atoms with Gasteiger partial charge in [0.25, 0.3) is 0 Å². The highest BCUT2D eigenvalue weighted by atomic mass is 14.9. The molecule has 4 aromatic carbocycles. The quantitative estimate of drug-likeness (QED) is 0.471. The van der Waals surface area contributed by atoms with Gasteiger partial charge in [0, 0.05) is 16.8 Å². The molecule has 110 valence electrons. The maximum Gasteiger partial charge on any atom is 0.0463 e. The number of anilines is 2. The highest BCUT2D eigenvalue weighted by Gasteiger charge is 2.02. The predicted molar refractivity (Wildman–Crippen MR) is 99.1 cm³/mol. The Hall–Kier alpha value is -3.06. The van der Waals surface area contributed by atoms with Crippen LogP contribution in [0.2, 0.25) is 0 Å². The average Bonchev–Trinajstić information content (AvgIpc) is 2.63. The van der Waals surface area contributed by atoms with Crippen molar-refractivity contribution in [3.63, 3.8) is 0 Å². The van der Waals surface area contributed by atoms with Gasteiger partial charge in [-0.05, 0) is 34.7 Å². The molecule has 1 N–H and O–H groups in total. The van der Waals surface area contributed by atoms with Crippen LogP contribution >= 0.6 is 0 Å². The van der Waals surface area contributed by atoms with Crippen molar-refractivity contribution in [2.24, 2.45) is 0 Å². The minimum Gasteiger partial charge on any atom is -0.355 e. The molecule has 0 saturated heterocycles. The second kappa shape index (κ2) is 5.98. The molecule has 0 aliphatic rings. The molecule has 0 aromatic heterocycles. The van der Waals surface area contributed by atoms with Crippen molar-refractivity contribution in [3.8, 4) is 11.1 Å². The molecule has 4 aromatic rings. The first-order chi connectivity index (χ1) is 11.4. The van der Waals surface area contributed by atoms with Crippen LogP contribution in [-0.2, 0) is 0 Å². The number of fused-ring (bicyclic) bond motifs is 1. The van der Waals surface area contributed by atoms with E-state index in [2.05, 4.69) is 96.3 Å². The normalized spacial score (nSPS) is 10.6. The summed E-state index contributed by atoms with van der Waals surface area (Å²) < 4.78 is 0. The lowest BCUT2D eigenvalue weighted by Crippen LogP contribution is -1.91. The lowest BCUT2D eigenvalue weighted by molar-refractivity contribution is 1.56. The summed E-state index contributed by atoms with van der Waals surface area (Å²) in [5, 5.41) is 6.04. The lowest BCUT2D eigenvalue weighted by atomic mass is 10.0. The summed E-state index contributed by atoms with van der Waals surface area (Å²) in [6.45, 7) is 0. The van der Waals surface area contributed by atoms with E-state index in [1.807, 2.05) is 6.07 Å². The number of nitrogens with one attached hydrogen (secondary N) is 1. The van der Waals surface area contributed by atoms with Gasteiger partial charge in [-0.3, -0.25) is 0 Å². The smallest absolute Gasteiger partial charge is 0.0463 e. The van der Waals surface area contributed by atoms with Crippen LogP contribution in [0.15, 0.2) is 97.1 Å². The van der Waals surface area contributed by atoms with Crippen molar-refractivity contribution < 1.29 is 0 Å². The number of rotatable bonds is 3. The van der Waals surface area contributed by atoms with E-state index in [0.717, 1.165) is 11.4 Å². The largest absolute Gasteiger partial charge is 0.355 e. The zero-order chi connectivity index (χ0) is 15.5. The zero-order valence-corrected chi connectivity index (χ0v) is 12.7. The first-order valence-electron chi connectivity index (χ1n) is 7.80. The van der Waals surface area contributed by atoms with Crippen LogP contribution in [0.5, 0.6) is 0 Å². The predicted octanol–water partition coefficient (Wildman–Crippen LogP) is 6.25. The van der Waals surface area contributed by atoms with Crippen LogP contribution in [0.4, 0.5) is 11.4 Å². The van der Waals surface area contributed by atoms with Gasteiger partial charge in [-0.2, -0.15) is 0 Å². The Morgan fingerprint density at radius 2 is 1.22 bits per heavy atom. The van der Waals surface area contributed by atoms with E-state index in [-0.39, 0.29) is 0 Å². The molecular weight excluding hydrogens is 278 g/mol. The lowest BCUT2D eigenvalue weighted by Gasteiger charge is -2.11. The van der Waals surface area contributed by atoms with E-state index in [0.29, 0.717) is 0 Å². The van der Waals surface area contributed by atoms with Gasteiger partial charge in [0.1, 0.15) is 0 Å². The molecule has 1 heteroatoms. The molecule has 4 rings (SSSR count). The Balaban J connectivity index is 1.72. The van der Waals surface area contributed by atoms with Crippen LogP contribution in [0.3, 0.4) is 0 Å². The fourth-order valence-electron chi connectivity index (χ4n) is 2.90. The Morgan fingerprint density at radius 1 is 0.522 bits per heavy atom. The first kappa shape index (κ1) is 13.6. The molecular formula is C22H17N. The molecule has 0 heterocycles. The summed E-state index contributed by atoms with van der Waals surface area (Å²) in [7, 11) is 0. The van der Waals surface area contributed by atoms with Gasteiger partial charge in [0.2, 0.25) is 0 Å². The molecule has 0 saturated carbocycles. The van der Waals surface area contributed by atoms with E-state index in [1.54, 1.807) is 0 Å². The van der Waals surface area contributed by atoms with Crippen molar-refractivity contribution in [1.29, 1.82) is 0 Å². The van der Waals surface area contributed by atoms with Crippen LogP contribution in [0.1, 0.15) is 0 Å². The van der Waals surface area contributed by atoms with Crippen molar-refractivity contribution in [1.82, 2.24) is 0 Å². The molecule has 0 atom stereocenters. The summed E-state index contributed by atoms with van der Waals surface area (Å²) >= 11 is 0. The highest BCUT2D eigenvalue weighted by Crippen LogP contribution is 2.28. The zero-order valence-electron chi connectivity index (χ0n) is 12.7. The minimum atomic E-state index is 1.10. The Bertz CT molecular complexity index is 937. The van der Waals surface area contributed by atoms with Gasteiger partial charge in [-0.1, -0.05) is 78.9 Å². The third kappa shape index (κ3) is 2.82. The highest BCUT2D eigenvalue weighted by molar-refractivity contribution is 5.95. The van der Waals surface area contributed by atoms with Crippen molar-refractivity contribution in [2.75, 3.05) is 5.32 Å². The summed E-state index contributed by atoms with van der Waals surface area (Å²) in [6.07, 6.45) is 0. The molecule has 23 heavy (non-hydrogen) atoms. The topological polar surface area (TPSA) is 12.0 Å². The SMILES string of the molecule is c1ccc(-c2cccc(Nc3cccc4ccccc34)c2)cc1. The third-order valence-electron chi connectivity index (χ3n) is 4.04. The van der Waals surface area contributed by atoms with Crippen LogP contribution < -0.4 is 5.32 Å². The minimum absolute atomic E-state index is 1.10. The maximum absolute atomic E-state index is 3.56. The van der Waals surface area contributed by atoms with E-state index >= 15 is 0 Å². The van der Waals surface area contributed by atoms with Gasteiger partial charge in [0.15, 0.2) is 0 Å². The van der Waals surface area contributed by atoms with Crippen molar-refractivity contribution >= 4 is 22.1 Å². The van der Waals surface area contributed by atoms with Gasteiger partial charge in [-0.25, -0.2) is 0 Å². The molecule has 0 spiro atoms. The summed E-state index contributed by atoms with van der Waals surface area (Å²) in [6, 6.07) is 33.8. The summed E-state index contributed by atoms with van der Waals surface area (Å²) in [5.41, 5.74) is 4.68. The fourth-order valence-corrected chi connectivity index (χ4v) is 2.90. The number of hydrogen-bond donors (Lipinski definition) is 1. The molecule has 0 amide bonds. The summed E-state index contributed by atoms with van der Waals surface area (Å²) in [5.74, 6) is 0. The Kier molecular flexibility index (Phi) is 3.53. The molecule has 0 aliphatic heterocycles.